The quantitative estimate of drug-likeness (QED) is 0.700. The number of carboxylic acids is 1. The topological polar surface area (TPSA) is 66.4 Å². The van der Waals surface area contributed by atoms with Gasteiger partial charge in [-0.3, -0.25) is 9.59 Å². The number of nitrogens with one attached hydrogen (secondary N) is 1. The average Bonchev–Trinajstić information content (AvgIpc) is 2.24. The Morgan fingerprint density at radius 2 is 2.12 bits per heavy atom. The summed E-state index contributed by atoms with van der Waals surface area (Å²) in [5.74, 6) is 0.543. The van der Waals surface area contributed by atoms with E-state index in [0.717, 1.165) is 18.8 Å². The lowest BCUT2D eigenvalue weighted by atomic mass is 9.81. The number of hydrogen-bond acceptors (Lipinski definition) is 2. The minimum Gasteiger partial charge on any atom is -0.481 e. The van der Waals surface area contributed by atoms with E-state index < -0.39 is 5.97 Å². The Morgan fingerprint density at radius 3 is 2.76 bits per heavy atom. The van der Waals surface area contributed by atoms with Crippen LogP contribution >= 0.6 is 0 Å². The average molecular weight is 241 g/mol. The van der Waals surface area contributed by atoms with E-state index in [0.29, 0.717) is 25.3 Å². The van der Waals surface area contributed by atoms with Crippen LogP contribution in [0.1, 0.15) is 51.9 Å². The molecule has 1 fully saturated rings. The summed E-state index contributed by atoms with van der Waals surface area (Å²) < 4.78 is 0. The highest BCUT2D eigenvalue weighted by atomic mass is 16.4. The molecule has 1 rings (SSSR count). The van der Waals surface area contributed by atoms with Gasteiger partial charge in [0.15, 0.2) is 0 Å². The van der Waals surface area contributed by atoms with Crippen LogP contribution in [0.2, 0.25) is 0 Å². The summed E-state index contributed by atoms with van der Waals surface area (Å²) in [4.78, 5) is 21.9. The molecule has 0 aliphatic heterocycles. The van der Waals surface area contributed by atoms with Crippen LogP contribution in [0.5, 0.6) is 0 Å². The first kappa shape index (κ1) is 14.0. The van der Waals surface area contributed by atoms with Crippen LogP contribution in [0.3, 0.4) is 0 Å². The molecular weight excluding hydrogens is 218 g/mol. The van der Waals surface area contributed by atoms with Gasteiger partial charge in [0.1, 0.15) is 0 Å². The summed E-state index contributed by atoms with van der Waals surface area (Å²) in [5, 5.41) is 11.3. The summed E-state index contributed by atoms with van der Waals surface area (Å²) in [7, 11) is 0. The summed E-state index contributed by atoms with van der Waals surface area (Å²) in [6.07, 6.45) is 6.09. The van der Waals surface area contributed by atoms with Crippen molar-refractivity contribution in [1.82, 2.24) is 5.32 Å². The predicted molar refractivity (Wildman–Crippen MR) is 65.6 cm³/mol. The van der Waals surface area contributed by atoms with E-state index in [1.807, 2.05) is 0 Å². The van der Waals surface area contributed by atoms with Crippen molar-refractivity contribution in [2.24, 2.45) is 11.8 Å². The predicted octanol–water partition coefficient (Wildman–Crippen LogP) is 2.18. The molecule has 4 heteroatoms. The van der Waals surface area contributed by atoms with E-state index >= 15 is 0 Å². The molecule has 0 saturated heterocycles. The zero-order chi connectivity index (χ0) is 12.7. The van der Waals surface area contributed by atoms with Crippen molar-refractivity contribution in [3.05, 3.63) is 0 Å². The maximum Gasteiger partial charge on any atom is 0.303 e. The van der Waals surface area contributed by atoms with Gasteiger partial charge in [-0.1, -0.05) is 19.8 Å². The molecule has 4 nitrogen and oxygen atoms in total. The van der Waals surface area contributed by atoms with Gasteiger partial charge in [-0.15, -0.1) is 0 Å². The summed E-state index contributed by atoms with van der Waals surface area (Å²) in [5.41, 5.74) is 0. The van der Waals surface area contributed by atoms with Gasteiger partial charge in [0.25, 0.3) is 0 Å². The van der Waals surface area contributed by atoms with Crippen molar-refractivity contribution in [1.29, 1.82) is 0 Å². The second-order valence-corrected chi connectivity index (χ2v) is 5.19. The molecule has 0 aromatic heterocycles. The number of rotatable bonds is 6. The van der Waals surface area contributed by atoms with E-state index in [2.05, 4.69) is 12.2 Å². The van der Waals surface area contributed by atoms with E-state index in [-0.39, 0.29) is 12.3 Å². The highest BCUT2D eigenvalue weighted by molar-refractivity contribution is 5.76. The largest absolute Gasteiger partial charge is 0.481 e. The zero-order valence-corrected chi connectivity index (χ0v) is 10.6. The fraction of sp³-hybridized carbons (Fsp3) is 0.846. The normalized spacial score (nSPS) is 24.3. The van der Waals surface area contributed by atoms with Gasteiger partial charge in [-0.2, -0.15) is 0 Å². The first-order chi connectivity index (χ1) is 8.08. The third-order valence-corrected chi connectivity index (χ3v) is 3.41. The van der Waals surface area contributed by atoms with Gasteiger partial charge in [-0.25, -0.2) is 0 Å². The third-order valence-electron chi connectivity index (χ3n) is 3.41. The fourth-order valence-electron chi connectivity index (χ4n) is 2.55. The SMILES string of the molecule is CC1CCCC(CC(=O)NCCCC(=O)O)C1. The van der Waals surface area contributed by atoms with Crippen molar-refractivity contribution < 1.29 is 14.7 Å². The third kappa shape index (κ3) is 6.29. The summed E-state index contributed by atoms with van der Waals surface area (Å²) >= 11 is 0. The number of carboxylic acid groups (broad SMARTS) is 1. The second kappa shape index (κ2) is 7.30. The summed E-state index contributed by atoms with van der Waals surface area (Å²) in [6, 6.07) is 0. The summed E-state index contributed by atoms with van der Waals surface area (Å²) in [6.45, 7) is 2.73. The van der Waals surface area contributed by atoms with E-state index in [1.165, 1.54) is 12.8 Å². The zero-order valence-electron chi connectivity index (χ0n) is 10.6. The Hall–Kier alpha value is -1.06. The van der Waals surface area contributed by atoms with E-state index in [4.69, 9.17) is 5.11 Å². The van der Waals surface area contributed by atoms with Crippen LogP contribution in [0, 0.1) is 11.8 Å². The number of carbonyl (C=O) groups is 2. The number of aliphatic carboxylic acids is 1. The smallest absolute Gasteiger partial charge is 0.303 e. The van der Waals surface area contributed by atoms with Crippen molar-refractivity contribution in [2.45, 2.75) is 51.9 Å². The van der Waals surface area contributed by atoms with Crippen LogP contribution in [-0.2, 0) is 9.59 Å². The van der Waals surface area contributed by atoms with Crippen LogP contribution in [-0.4, -0.2) is 23.5 Å². The van der Waals surface area contributed by atoms with Crippen LogP contribution in [0.4, 0.5) is 0 Å². The lowest BCUT2D eigenvalue weighted by Gasteiger charge is -2.26. The number of hydrogen-bond donors (Lipinski definition) is 2. The first-order valence-electron chi connectivity index (χ1n) is 6.56. The van der Waals surface area contributed by atoms with Gasteiger partial charge in [0, 0.05) is 19.4 Å². The van der Waals surface area contributed by atoms with E-state index in [9.17, 15) is 9.59 Å². The second-order valence-electron chi connectivity index (χ2n) is 5.19. The molecule has 1 aliphatic carbocycles. The molecule has 0 radical (unpaired) electrons. The van der Waals surface area contributed by atoms with Gasteiger partial charge in [0.2, 0.25) is 5.91 Å². The maximum absolute atomic E-state index is 11.6. The molecule has 0 spiro atoms. The lowest BCUT2D eigenvalue weighted by molar-refractivity contribution is -0.137. The molecule has 17 heavy (non-hydrogen) atoms. The number of carbonyl (C=O) groups excluding carboxylic acids is 1. The Balaban J connectivity index is 2.09. The molecule has 0 heterocycles. The van der Waals surface area contributed by atoms with Crippen molar-refractivity contribution in [3.63, 3.8) is 0 Å². The van der Waals surface area contributed by atoms with Crippen molar-refractivity contribution in [2.75, 3.05) is 6.54 Å². The highest BCUT2D eigenvalue weighted by Gasteiger charge is 2.20. The Bertz CT molecular complexity index is 265. The molecule has 2 N–H and O–H groups in total. The molecule has 0 aromatic rings. The van der Waals surface area contributed by atoms with Crippen LogP contribution in [0.25, 0.3) is 0 Å². The van der Waals surface area contributed by atoms with Crippen LogP contribution < -0.4 is 5.32 Å². The Kier molecular flexibility index (Phi) is 6.01. The molecule has 2 atom stereocenters. The Labute approximate surface area is 103 Å². The van der Waals surface area contributed by atoms with Gasteiger partial charge in [-0.05, 0) is 31.1 Å². The lowest BCUT2D eigenvalue weighted by Crippen LogP contribution is -2.28. The number of amides is 1. The monoisotopic (exact) mass is 241 g/mol. The van der Waals surface area contributed by atoms with Gasteiger partial charge >= 0.3 is 5.97 Å². The minimum absolute atomic E-state index is 0.0782. The molecule has 1 amide bonds. The van der Waals surface area contributed by atoms with Crippen molar-refractivity contribution in [3.8, 4) is 0 Å². The molecule has 0 aromatic carbocycles. The standard InChI is InChI=1S/C13H23NO3/c1-10-4-2-5-11(8-10)9-12(15)14-7-3-6-13(16)17/h10-11H,2-9H2,1H3,(H,14,15)(H,16,17). The fourth-order valence-corrected chi connectivity index (χ4v) is 2.55. The van der Waals surface area contributed by atoms with Crippen LogP contribution in [0.15, 0.2) is 0 Å². The van der Waals surface area contributed by atoms with Gasteiger partial charge in [0.05, 0.1) is 0 Å². The molecule has 1 saturated carbocycles. The van der Waals surface area contributed by atoms with E-state index in [1.54, 1.807) is 0 Å². The Morgan fingerprint density at radius 1 is 1.35 bits per heavy atom. The highest BCUT2D eigenvalue weighted by Crippen LogP contribution is 2.30. The van der Waals surface area contributed by atoms with Crippen molar-refractivity contribution >= 4 is 11.9 Å². The molecule has 1 aliphatic rings. The minimum atomic E-state index is -0.805. The van der Waals surface area contributed by atoms with Gasteiger partial charge < -0.3 is 10.4 Å². The molecule has 2 unspecified atom stereocenters. The first-order valence-corrected chi connectivity index (χ1v) is 6.56. The molecule has 0 bridgehead atoms. The maximum atomic E-state index is 11.6. The molecular formula is C13H23NO3. The molecule has 98 valence electrons.